The van der Waals surface area contributed by atoms with Crippen LogP contribution < -0.4 is 9.64 Å². The first kappa shape index (κ1) is 37.0. The summed E-state index contributed by atoms with van der Waals surface area (Å²) in [6, 6.07) is 81.6. The third-order valence-corrected chi connectivity index (χ3v) is 14.5. The van der Waals surface area contributed by atoms with E-state index in [1.54, 1.807) is 0 Å². The minimum atomic E-state index is -0.549. The summed E-state index contributed by atoms with van der Waals surface area (Å²) in [6.07, 6.45) is 4.57. The number of para-hydroxylation sites is 3. The van der Waals surface area contributed by atoms with E-state index >= 15 is 0 Å². The summed E-state index contributed by atoms with van der Waals surface area (Å²) in [6.45, 7) is 0. The quantitative estimate of drug-likeness (QED) is 0.173. The van der Waals surface area contributed by atoms with Gasteiger partial charge in [-0.05, 0) is 80.2 Å². The van der Waals surface area contributed by atoms with Gasteiger partial charge in [0.25, 0.3) is 0 Å². The maximum Gasteiger partial charge on any atom is 0.159 e. The Balaban J connectivity index is 1.05. The van der Waals surface area contributed by atoms with Gasteiger partial charge >= 0.3 is 0 Å². The van der Waals surface area contributed by atoms with Crippen molar-refractivity contribution in [1.82, 2.24) is 0 Å². The predicted molar refractivity (Wildman–Crippen MR) is 271 cm³/mol. The minimum absolute atomic E-state index is 0.0168. The molecule has 0 amide bonds. The van der Waals surface area contributed by atoms with Crippen LogP contribution >= 0.6 is 0 Å². The van der Waals surface area contributed by atoms with Gasteiger partial charge in [0.1, 0.15) is 17.4 Å². The predicted octanol–water partition coefficient (Wildman–Crippen LogP) is 16.6. The highest BCUT2D eigenvalue weighted by Crippen LogP contribution is 2.66. The fourth-order valence-electron chi connectivity index (χ4n) is 11.8. The molecule has 1 aliphatic heterocycles. The lowest BCUT2D eigenvalue weighted by Gasteiger charge is -2.49. The number of ether oxygens (including phenoxy) is 1. The molecule has 3 nitrogen and oxygen atoms in total. The van der Waals surface area contributed by atoms with Crippen molar-refractivity contribution < 1.29 is 9.15 Å². The highest BCUT2D eigenvalue weighted by atomic mass is 16.5. The Morgan fingerprint density at radius 2 is 1.14 bits per heavy atom. The fourth-order valence-corrected chi connectivity index (χ4v) is 11.8. The van der Waals surface area contributed by atoms with Gasteiger partial charge in [0.2, 0.25) is 0 Å². The summed E-state index contributed by atoms with van der Waals surface area (Å²) in [5, 5.41) is 4.50. The molecule has 0 radical (unpaired) electrons. The largest absolute Gasteiger partial charge is 0.484 e. The second-order valence-electron chi connectivity index (χ2n) is 17.8. The summed E-state index contributed by atoms with van der Waals surface area (Å²) in [7, 11) is 0. The first-order valence-electron chi connectivity index (χ1n) is 22.9. The second-order valence-corrected chi connectivity index (χ2v) is 17.8. The van der Waals surface area contributed by atoms with Gasteiger partial charge in [0, 0.05) is 44.5 Å². The standard InChI is InChI=1S/C63H41NO2/c1-2-17-40(18-3-1)43-21-14-22-44(39-43)64(57-33-16-29-50-48-26-10-13-34-58(48)65-62(50)57)56-32-12-9-25-47(56)49-28-15-31-53-59(49)51-27-8-11-30-52(51)63(53)54-37-35-41-19-4-6-23-45(41)60(54)66-61-46-24-7-5-20-42(46)36-38-55(61)63/h1-39,54,60H. The highest BCUT2D eigenvalue weighted by Gasteiger charge is 2.57. The molecule has 14 rings (SSSR count). The van der Waals surface area contributed by atoms with Crippen LogP contribution in [0.3, 0.4) is 0 Å². The number of furan rings is 1. The van der Waals surface area contributed by atoms with Gasteiger partial charge in [-0.2, -0.15) is 0 Å². The summed E-state index contributed by atoms with van der Waals surface area (Å²) in [4.78, 5) is 2.41. The topological polar surface area (TPSA) is 25.6 Å². The Morgan fingerprint density at radius 3 is 2.08 bits per heavy atom. The number of hydrogen-bond donors (Lipinski definition) is 0. The number of rotatable bonds is 5. The van der Waals surface area contributed by atoms with Crippen LogP contribution in [-0.4, -0.2) is 0 Å². The zero-order valence-corrected chi connectivity index (χ0v) is 35.9. The molecular formula is C63H41NO2. The minimum Gasteiger partial charge on any atom is -0.484 e. The molecule has 11 aromatic rings. The zero-order chi connectivity index (χ0) is 43.3. The van der Waals surface area contributed by atoms with Crippen molar-refractivity contribution in [2.45, 2.75) is 11.5 Å². The van der Waals surface area contributed by atoms with Crippen LogP contribution in [0.15, 0.2) is 235 Å². The average molecular weight is 844 g/mol. The van der Waals surface area contributed by atoms with Crippen LogP contribution in [0.25, 0.3) is 72.2 Å². The van der Waals surface area contributed by atoms with Crippen molar-refractivity contribution >= 4 is 55.8 Å². The van der Waals surface area contributed by atoms with E-state index in [1.165, 1.54) is 55.5 Å². The van der Waals surface area contributed by atoms with Gasteiger partial charge in [-0.15, -0.1) is 0 Å². The van der Waals surface area contributed by atoms with E-state index < -0.39 is 5.41 Å². The third-order valence-electron chi connectivity index (χ3n) is 14.5. The summed E-state index contributed by atoms with van der Waals surface area (Å²) in [5.41, 5.74) is 17.6. The SMILES string of the molecule is C1=CC2C(Oc3c(ccc4ccccc34)C23c2ccccc2-c2c(-c4ccccc4N(c4cccc(-c5ccccc5)c4)c4cccc5c4oc4ccccc45)cccc23)c2ccccc21. The molecule has 0 saturated carbocycles. The summed E-state index contributed by atoms with van der Waals surface area (Å²) < 4.78 is 14.2. The lowest BCUT2D eigenvalue weighted by Crippen LogP contribution is -2.45. The van der Waals surface area contributed by atoms with E-state index in [2.05, 4.69) is 235 Å². The zero-order valence-electron chi connectivity index (χ0n) is 35.9. The first-order valence-corrected chi connectivity index (χ1v) is 22.9. The average Bonchev–Trinajstić information content (AvgIpc) is 3.92. The third kappa shape index (κ3) is 5.20. The molecule has 3 atom stereocenters. The van der Waals surface area contributed by atoms with Crippen molar-refractivity contribution in [2.24, 2.45) is 5.92 Å². The molecule has 2 heterocycles. The normalized spacial score (nSPS) is 17.5. The second kappa shape index (κ2) is 14.3. The van der Waals surface area contributed by atoms with E-state index in [1.807, 2.05) is 6.07 Å². The van der Waals surface area contributed by atoms with Gasteiger partial charge in [0.05, 0.1) is 16.8 Å². The molecule has 3 heteroatoms. The smallest absolute Gasteiger partial charge is 0.159 e. The lowest BCUT2D eigenvalue weighted by molar-refractivity contribution is 0.105. The molecule has 1 spiro atoms. The summed E-state index contributed by atoms with van der Waals surface area (Å²) >= 11 is 0. The van der Waals surface area contributed by atoms with Crippen molar-refractivity contribution in [1.29, 1.82) is 0 Å². The van der Waals surface area contributed by atoms with Crippen LogP contribution in [0, 0.1) is 5.92 Å². The van der Waals surface area contributed by atoms with Crippen molar-refractivity contribution in [3.8, 4) is 39.1 Å². The Morgan fingerprint density at radius 1 is 0.455 bits per heavy atom. The molecular weight excluding hydrogens is 803 g/mol. The van der Waals surface area contributed by atoms with Crippen LogP contribution in [0.4, 0.5) is 17.1 Å². The maximum absolute atomic E-state index is 7.39. The molecule has 1 aromatic heterocycles. The molecule has 310 valence electrons. The van der Waals surface area contributed by atoms with Gasteiger partial charge in [-0.1, -0.05) is 206 Å². The van der Waals surface area contributed by atoms with E-state index in [0.29, 0.717) is 0 Å². The van der Waals surface area contributed by atoms with E-state index in [-0.39, 0.29) is 12.0 Å². The number of benzene rings is 10. The number of anilines is 3. The van der Waals surface area contributed by atoms with E-state index in [0.717, 1.165) is 61.3 Å². The van der Waals surface area contributed by atoms with E-state index in [9.17, 15) is 0 Å². The Bertz CT molecular complexity index is 3790. The van der Waals surface area contributed by atoms with Gasteiger partial charge in [-0.3, -0.25) is 0 Å². The van der Waals surface area contributed by atoms with Crippen molar-refractivity contribution in [2.75, 3.05) is 4.90 Å². The molecule has 0 fully saturated rings. The maximum atomic E-state index is 7.39. The van der Waals surface area contributed by atoms with Crippen LogP contribution in [0.2, 0.25) is 0 Å². The Kier molecular flexibility index (Phi) is 8.02. The molecule has 0 bridgehead atoms. The van der Waals surface area contributed by atoms with Crippen LogP contribution in [0.1, 0.15) is 33.9 Å². The molecule has 0 saturated heterocycles. The molecule has 66 heavy (non-hydrogen) atoms. The van der Waals surface area contributed by atoms with Gasteiger partial charge in [0.15, 0.2) is 5.58 Å². The highest BCUT2D eigenvalue weighted by molar-refractivity contribution is 6.11. The number of hydrogen-bond acceptors (Lipinski definition) is 3. The number of nitrogens with zero attached hydrogens (tertiary/aromatic N) is 1. The summed E-state index contributed by atoms with van der Waals surface area (Å²) in [5.74, 6) is 0.952. The Labute approximate surface area is 383 Å². The first-order chi connectivity index (χ1) is 32.8. The van der Waals surface area contributed by atoms with Crippen molar-refractivity contribution in [3.63, 3.8) is 0 Å². The van der Waals surface area contributed by atoms with Crippen LogP contribution in [-0.2, 0) is 5.41 Å². The van der Waals surface area contributed by atoms with E-state index in [4.69, 9.17) is 9.15 Å². The van der Waals surface area contributed by atoms with Crippen molar-refractivity contribution in [3.05, 3.63) is 258 Å². The van der Waals surface area contributed by atoms with Gasteiger partial charge in [-0.25, -0.2) is 0 Å². The van der Waals surface area contributed by atoms with Gasteiger partial charge < -0.3 is 14.1 Å². The van der Waals surface area contributed by atoms with Crippen LogP contribution in [0.5, 0.6) is 5.75 Å². The molecule has 3 aliphatic rings. The molecule has 10 aromatic carbocycles. The molecule has 0 N–H and O–H groups in total. The lowest BCUT2D eigenvalue weighted by atomic mass is 9.58. The molecule has 3 unspecified atom stereocenters. The fraction of sp³-hybridized carbons (Fsp3) is 0.0476. The monoisotopic (exact) mass is 843 g/mol. The number of fused-ring (bicyclic) bond motifs is 16. The Hall–Kier alpha value is -8.40. The molecule has 2 aliphatic carbocycles.